The molecule has 0 aliphatic heterocycles. The predicted octanol–water partition coefficient (Wildman–Crippen LogP) is 5.71. The fourth-order valence-electron chi connectivity index (χ4n) is 3.42. The zero-order valence-corrected chi connectivity index (χ0v) is 22.0. The summed E-state index contributed by atoms with van der Waals surface area (Å²) in [5, 5.41) is -0.0409. The van der Waals surface area contributed by atoms with Crippen molar-refractivity contribution >= 4 is 22.3 Å². The Morgan fingerprint density at radius 3 is 2.07 bits per heavy atom. The maximum absolute atomic E-state index is 6.68. The molecule has 0 saturated heterocycles. The molecule has 158 valence electrons. The summed E-state index contributed by atoms with van der Waals surface area (Å²) in [4.78, 5) is 0. The van der Waals surface area contributed by atoms with E-state index in [-0.39, 0.29) is 30.3 Å². The summed E-state index contributed by atoms with van der Waals surface area (Å²) in [6, 6.07) is 0. The monoisotopic (exact) mass is 446 g/mol. The van der Waals surface area contributed by atoms with Crippen molar-refractivity contribution in [1.29, 1.82) is 0 Å². The quantitative estimate of drug-likeness (QED) is 0.200. The van der Waals surface area contributed by atoms with E-state index in [1.807, 2.05) is 0 Å². The Labute approximate surface area is 197 Å². The van der Waals surface area contributed by atoms with Gasteiger partial charge in [0.1, 0.15) is 0 Å². The van der Waals surface area contributed by atoms with Gasteiger partial charge in [0.15, 0.2) is 0 Å². The van der Waals surface area contributed by atoms with Crippen LogP contribution in [-0.4, -0.2) is 12.5 Å². The first kappa shape index (κ1) is 30.6. The summed E-state index contributed by atoms with van der Waals surface area (Å²) in [6.07, 6.45) is 11.9. The van der Waals surface area contributed by atoms with Crippen LogP contribution in [0, 0.1) is 17.7 Å². The third kappa shape index (κ3) is 9.94. The molecule has 0 aliphatic carbocycles. The number of rotatable bonds is 13. The van der Waals surface area contributed by atoms with Crippen molar-refractivity contribution in [3.05, 3.63) is 10.5 Å². The summed E-state index contributed by atoms with van der Waals surface area (Å²) in [7, 11) is 0. The van der Waals surface area contributed by atoms with Gasteiger partial charge < -0.3 is 4.65 Å². The first-order chi connectivity index (χ1) is 12.7. The van der Waals surface area contributed by atoms with Crippen molar-refractivity contribution in [3.8, 4) is 11.7 Å². The van der Waals surface area contributed by atoms with Crippen molar-refractivity contribution in [1.82, 2.24) is 0 Å². The van der Waals surface area contributed by atoms with Gasteiger partial charge in [-0.2, -0.15) is 0 Å². The molecule has 0 heterocycles. The zero-order chi connectivity index (χ0) is 20.9. The minimum Gasteiger partial charge on any atom is -0.574 e. The molecule has 0 aromatic heterocycles. The van der Waals surface area contributed by atoms with Crippen LogP contribution >= 0.6 is 15.9 Å². The summed E-state index contributed by atoms with van der Waals surface area (Å²) in [6.45, 7) is 18.0. The third-order valence-corrected chi connectivity index (χ3v) is 6.98. The second-order valence-electron chi connectivity index (χ2n) is 9.16. The van der Waals surface area contributed by atoms with Gasteiger partial charge in [-0.05, 0) is 33.1 Å². The molecular weight excluding hydrogens is 402 g/mol. The Bertz CT molecular complexity index is 491. The van der Waals surface area contributed by atoms with E-state index in [0.717, 1.165) is 12.8 Å². The Balaban J connectivity index is 0. The van der Waals surface area contributed by atoms with Crippen LogP contribution in [0.4, 0.5) is 0 Å². The van der Waals surface area contributed by atoms with Crippen LogP contribution in [0.15, 0.2) is 10.5 Å². The maximum atomic E-state index is 6.68. The van der Waals surface area contributed by atoms with Crippen molar-refractivity contribution < 1.29 is 23.5 Å². The topological polar surface area (TPSA) is 9.23 Å². The number of hydrogen-bond acceptors (Lipinski definition) is 1. The molecule has 1 nitrogen and oxygen atoms in total. The average Bonchev–Trinajstić information content (AvgIpc) is 2.59. The van der Waals surface area contributed by atoms with Crippen LogP contribution in [0.25, 0.3) is 0 Å². The maximum Gasteiger partial charge on any atom is 1.00 e. The van der Waals surface area contributed by atoms with E-state index in [0.29, 0.717) is 5.92 Å². The first-order valence-corrected chi connectivity index (χ1v) is 12.1. The molecule has 0 aliphatic rings. The molecule has 0 rings (SSSR count). The van der Waals surface area contributed by atoms with Gasteiger partial charge in [0.05, 0.1) is 0 Å². The first-order valence-electron chi connectivity index (χ1n) is 11.3. The Hall–Kier alpha value is 0.402. The molecule has 1 unspecified atom stereocenters. The molecule has 0 bridgehead atoms. The molecule has 0 amide bonds. The summed E-state index contributed by atoms with van der Waals surface area (Å²) in [5.41, 5.74) is 0. The number of halogens is 1. The summed E-state index contributed by atoms with van der Waals surface area (Å²) >= 11 is 3.95. The van der Waals surface area contributed by atoms with E-state index in [2.05, 4.69) is 89.1 Å². The molecule has 4 heteroatoms. The van der Waals surface area contributed by atoms with Gasteiger partial charge in [-0.1, -0.05) is 95.5 Å². The number of unbranched alkanes of at least 4 members (excludes halogenated alkanes) is 7. The molecule has 0 radical (unpaired) electrons. The normalized spacial score (nSPS) is 14.5. The molecule has 0 fully saturated rings. The minimum absolute atomic E-state index is 0. The van der Waals surface area contributed by atoms with E-state index in [9.17, 15) is 0 Å². The molecule has 0 spiro atoms. The smallest absolute Gasteiger partial charge is 0.574 e. The van der Waals surface area contributed by atoms with E-state index in [1.165, 1.54) is 49.3 Å². The van der Waals surface area contributed by atoms with E-state index < -0.39 is 6.35 Å². The Kier molecular flexibility index (Phi) is 17.6. The van der Waals surface area contributed by atoms with Gasteiger partial charge in [0.2, 0.25) is 6.35 Å². The van der Waals surface area contributed by atoms with Crippen LogP contribution < -0.4 is 18.9 Å². The van der Waals surface area contributed by atoms with Gasteiger partial charge in [-0.15, -0.1) is 21.7 Å². The van der Waals surface area contributed by atoms with Gasteiger partial charge in [-0.3, -0.25) is 5.82 Å². The van der Waals surface area contributed by atoms with Crippen molar-refractivity contribution in [3.63, 3.8) is 0 Å². The van der Waals surface area contributed by atoms with E-state index in [1.54, 1.807) is 0 Å². The van der Waals surface area contributed by atoms with Crippen LogP contribution in [0.5, 0.6) is 0 Å². The van der Waals surface area contributed by atoms with Crippen LogP contribution in [0.3, 0.4) is 0 Å². The zero-order valence-electron chi connectivity index (χ0n) is 20.5. The fourth-order valence-corrected chi connectivity index (χ4v) is 4.46. The van der Waals surface area contributed by atoms with Crippen molar-refractivity contribution in [2.75, 3.05) is 0 Å². The molecular formula is C24H45BBrLiO. The SMILES string of the molecule is CCCCCC#C[B-](OC(C)C)(/C(Br)=C/CCCCCC)C(C)(C)C(C)C.[Li+]. The Morgan fingerprint density at radius 1 is 1.00 bits per heavy atom. The van der Waals surface area contributed by atoms with Gasteiger partial charge in [0, 0.05) is 12.5 Å². The van der Waals surface area contributed by atoms with Crippen LogP contribution in [0.1, 0.15) is 113 Å². The largest absolute Gasteiger partial charge is 1.00 e. The minimum atomic E-state index is -1.43. The number of hydrogen-bond donors (Lipinski definition) is 0. The van der Waals surface area contributed by atoms with Crippen molar-refractivity contribution in [2.45, 2.75) is 125 Å². The van der Waals surface area contributed by atoms with Gasteiger partial charge in [-0.25, -0.2) is 0 Å². The fraction of sp³-hybridized carbons (Fsp3) is 0.833. The average molecular weight is 447 g/mol. The van der Waals surface area contributed by atoms with Gasteiger partial charge in [0.25, 0.3) is 0 Å². The van der Waals surface area contributed by atoms with E-state index >= 15 is 0 Å². The molecule has 0 N–H and O–H groups in total. The van der Waals surface area contributed by atoms with Crippen LogP contribution in [-0.2, 0) is 4.65 Å². The molecule has 0 aromatic carbocycles. The number of allylic oxidation sites excluding steroid dienone is 1. The Morgan fingerprint density at radius 2 is 1.57 bits per heavy atom. The summed E-state index contributed by atoms with van der Waals surface area (Å²) < 4.78 is 7.86. The molecule has 0 saturated carbocycles. The summed E-state index contributed by atoms with van der Waals surface area (Å²) in [5.74, 6) is 7.65. The third-order valence-electron chi connectivity index (χ3n) is 6.01. The van der Waals surface area contributed by atoms with Crippen molar-refractivity contribution in [2.24, 2.45) is 5.92 Å². The molecule has 0 aromatic rings. The second kappa shape index (κ2) is 16.1. The second-order valence-corrected chi connectivity index (χ2v) is 10.1. The molecule has 1 atom stereocenters. The molecule has 28 heavy (non-hydrogen) atoms. The predicted molar refractivity (Wildman–Crippen MR) is 129 cm³/mol. The standard InChI is InChI=1S/C24H45BBrO.Li/c1-9-11-13-15-17-19-23(26)25(27-22(5)6,24(7,8)21(3)4)20-18-16-14-12-10-2;/h19,21-22H,9-17H2,1-8H3;/q-1;+1/b23-19-;. The van der Waals surface area contributed by atoms with Gasteiger partial charge >= 0.3 is 18.9 Å². The van der Waals surface area contributed by atoms with Crippen LogP contribution in [0.2, 0.25) is 5.31 Å². The van der Waals surface area contributed by atoms with E-state index in [4.69, 9.17) is 4.65 Å².